The van der Waals surface area contributed by atoms with Gasteiger partial charge in [-0.3, -0.25) is 0 Å². The molecule has 1 aromatic carbocycles. The molecule has 1 spiro atoms. The lowest BCUT2D eigenvalue weighted by Crippen LogP contribution is -2.40. The van der Waals surface area contributed by atoms with Crippen molar-refractivity contribution in [2.75, 3.05) is 25.4 Å². The number of carbonyl (C=O) groups is 1. The van der Waals surface area contributed by atoms with E-state index in [0.717, 1.165) is 86.9 Å². The van der Waals surface area contributed by atoms with Crippen molar-refractivity contribution in [2.45, 2.75) is 101 Å². The number of benzene rings is 1. The third kappa shape index (κ3) is 7.39. The fourth-order valence-electron chi connectivity index (χ4n) is 6.58. The second-order valence-electron chi connectivity index (χ2n) is 13.1. The number of thioether (sulfide) groups is 1. The minimum atomic E-state index is -4.28. The van der Waals surface area contributed by atoms with Gasteiger partial charge in [-0.1, -0.05) is 23.9 Å². The lowest BCUT2D eigenvalue weighted by Gasteiger charge is -2.29. The molecule has 3 aliphatic rings. The van der Waals surface area contributed by atoms with Crippen molar-refractivity contribution in [1.82, 2.24) is 25.0 Å². The Morgan fingerprint density at radius 1 is 1.12 bits per heavy atom. The van der Waals surface area contributed by atoms with Gasteiger partial charge in [0.1, 0.15) is 11.4 Å². The van der Waals surface area contributed by atoms with E-state index in [1.807, 2.05) is 27.8 Å². The maximum absolute atomic E-state index is 12.9. The van der Waals surface area contributed by atoms with Crippen LogP contribution in [0.5, 0.6) is 0 Å². The topological polar surface area (TPSA) is 72.3 Å². The zero-order valence-electron chi connectivity index (χ0n) is 24.5. The quantitative estimate of drug-likeness (QED) is 0.270. The number of nitrogens with one attached hydrogen (secondary N) is 1. The number of carbonyl (C=O) groups excluding carboxylic acids is 1. The standard InChI is InChI=1S/C30H42F3N5O2S/c1-28(2,3)40-27(39)34-23-12-8-21(9-13-23)25-35-36-26(37(25)4)41-17-5-15-38-16-14-29(19-38)18-24(29)20-6-10-22(11-7-20)30(31,32)33/h6-7,10-11,21,23-24H,5,8-9,12-19H2,1-4H3,(H,34,39)/t21?,23?,24?,29-/m0/s1. The van der Waals surface area contributed by atoms with Crippen molar-refractivity contribution in [3.63, 3.8) is 0 Å². The second-order valence-corrected chi connectivity index (χ2v) is 14.1. The van der Waals surface area contributed by atoms with E-state index in [1.54, 1.807) is 23.9 Å². The molecule has 1 N–H and O–H groups in total. The summed E-state index contributed by atoms with van der Waals surface area (Å²) in [7, 11) is 2.04. The average Bonchev–Trinajstić information content (AvgIpc) is 3.24. The molecule has 2 aliphatic carbocycles. The summed E-state index contributed by atoms with van der Waals surface area (Å²) in [5, 5.41) is 12.9. The zero-order valence-corrected chi connectivity index (χ0v) is 25.3. The molecule has 1 unspecified atom stereocenters. The Hall–Kier alpha value is -2.27. The van der Waals surface area contributed by atoms with Gasteiger partial charge in [-0.2, -0.15) is 13.2 Å². The molecule has 2 saturated carbocycles. The third-order valence-electron chi connectivity index (χ3n) is 8.83. The molecule has 1 amide bonds. The molecule has 7 nitrogen and oxygen atoms in total. The highest BCUT2D eigenvalue weighted by Crippen LogP contribution is 2.64. The van der Waals surface area contributed by atoms with Crippen LogP contribution in [0.15, 0.2) is 29.4 Å². The van der Waals surface area contributed by atoms with Crippen LogP contribution in [-0.4, -0.2) is 62.8 Å². The molecule has 0 bridgehead atoms. The molecule has 1 aliphatic heterocycles. The minimum absolute atomic E-state index is 0.133. The lowest BCUT2D eigenvalue weighted by molar-refractivity contribution is -0.137. The molecule has 2 heterocycles. The normalized spacial score (nSPS) is 26.9. The Morgan fingerprint density at radius 3 is 2.49 bits per heavy atom. The Kier molecular flexibility index (Phi) is 8.68. The molecule has 226 valence electrons. The van der Waals surface area contributed by atoms with Gasteiger partial charge in [0.05, 0.1) is 5.56 Å². The van der Waals surface area contributed by atoms with E-state index in [4.69, 9.17) is 4.74 Å². The number of ether oxygens (including phenoxy) is 1. The van der Waals surface area contributed by atoms with Gasteiger partial charge < -0.3 is 19.5 Å². The molecular formula is C30H42F3N5O2S. The van der Waals surface area contributed by atoms with E-state index >= 15 is 0 Å². The maximum Gasteiger partial charge on any atom is 0.416 e. The van der Waals surface area contributed by atoms with Crippen LogP contribution in [0.2, 0.25) is 0 Å². The van der Waals surface area contributed by atoms with Crippen LogP contribution in [0.25, 0.3) is 0 Å². The van der Waals surface area contributed by atoms with Crippen molar-refractivity contribution < 1.29 is 22.7 Å². The van der Waals surface area contributed by atoms with Crippen molar-refractivity contribution in [3.8, 4) is 0 Å². The molecule has 41 heavy (non-hydrogen) atoms. The summed E-state index contributed by atoms with van der Waals surface area (Å²) in [5.74, 6) is 2.71. The largest absolute Gasteiger partial charge is 0.444 e. The van der Waals surface area contributed by atoms with Crippen LogP contribution in [0.3, 0.4) is 0 Å². The van der Waals surface area contributed by atoms with E-state index in [0.29, 0.717) is 11.8 Å². The maximum atomic E-state index is 12.9. The Labute approximate surface area is 245 Å². The van der Waals surface area contributed by atoms with E-state index < -0.39 is 17.3 Å². The van der Waals surface area contributed by atoms with E-state index in [1.165, 1.54) is 12.1 Å². The summed E-state index contributed by atoms with van der Waals surface area (Å²) >= 11 is 1.74. The highest BCUT2D eigenvalue weighted by Gasteiger charge is 2.57. The van der Waals surface area contributed by atoms with Gasteiger partial charge in [-0.05, 0) is 108 Å². The first-order valence-electron chi connectivity index (χ1n) is 14.7. The van der Waals surface area contributed by atoms with Crippen LogP contribution in [0.4, 0.5) is 18.0 Å². The average molecular weight is 594 g/mol. The predicted molar refractivity (Wildman–Crippen MR) is 153 cm³/mol. The summed E-state index contributed by atoms with van der Waals surface area (Å²) in [6.45, 7) is 8.71. The highest BCUT2D eigenvalue weighted by molar-refractivity contribution is 7.99. The van der Waals surface area contributed by atoms with E-state index in [9.17, 15) is 18.0 Å². The molecule has 0 radical (unpaired) electrons. The number of alkyl halides is 3. The molecule has 11 heteroatoms. The van der Waals surface area contributed by atoms with Crippen molar-refractivity contribution >= 4 is 17.9 Å². The van der Waals surface area contributed by atoms with Crippen molar-refractivity contribution in [3.05, 3.63) is 41.2 Å². The van der Waals surface area contributed by atoms with Gasteiger partial charge in [0, 0.05) is 31.3 Å². The second kappa shape index (κ2) is 11.8. The summed E-state index contributed by atoms with van der Waals surface area (Å²) in [4.78, 5) is 14.6. The first-order valence-corrected chi connectivity index (χ1v) is 15.7. The number of hydrogen-bond acceptors (Lipinski definition) is 6. The number of hydrogen-bond donors (Lipinski definition) is 1. The fourth-order valence-corrected chi connectivity index (χ4v) is 7.42. The molecule has 1 aromatic heterocycles. The SMILES string of the molecule is Cn1c(SCCCN2CC[C@]3(CC3c3ccc(C(F)(F)F)cc3)C2)nnc1C1CCC(NC(=O)OC(C)(C)C)CC1. The molecule has 3 fully saturated rings. The predicted octanol–water partition coefficient (Wildman–Crippen LogP) is 6.75. The number of nitrogens with zero attached hydrogens (tertiary/aromatic N) is 4. The summed E-state index contributed by atoms with van der Waals surface area (Å²) in [5.41, 5.74) is 0.216. The van der Waals surface area contributed by atoms with Crippen LogP contribution in [0, 0.1) is 5.41 Å². The Bertz CT molecular complexity index is 1200. The first-order chi connectivity index (χ1) is 19.3. The van der Waals surface area contributed by atoms with Crippen molar-refractivity contribution in [2.24, 2.45) is 12.5 Å². The van der Waals surface area contributed by atoms with Crippen LogP contribution < -0.4 is 5.32 Å². The van der Waals surface area contributed by atoms with E-state index in [-0.39, 0.29) is 17.6 Å². The summed E-state index contributed by atoms with van der Waals surface area (Å²) < 4.78 is 46.2. The van der Waals surface area contributed by atoms with Crippen LogP contribution in [0.1, 0.15) is 94.5 Å². The number of alkyl carbamates (subject to hydrolysis) is 1. The minimum Gasteiger partial charge on any atom is -0.444 e. The molecule has 2 atom stereocenters. The zero-order chi connectivity index (χ0) is 29.4. The van der Waals surface area contributed by atoms with Gasteiger partial charge in [-0.25, -0.2) is 4.79 Å². The number of halogens is 3. The number of aromatic nitrogens is 3. The summed E-state index contributed by atoms with van der Waals surface area (Å²) in [6, 6.07) is 5.91. The number of likely N-dealkylation sites (tertiary alicyclic amines) is 1. The van der Waals surface area contributed by atoms with Gasteiger partial charge in [0.25, 0.3) is 0 Å². The highest BCUT2D eigenvalue weighted by atomic mass is 32.2. The van der Waals surface area contributed by atoms with Crippen LogP contribution >= 0.6 is 11.8 Å². The Balaban J connectivity index is 1.02. The van der Waals surface area contributed by atoms with Gasteiger partial charge >= 0.3 is 12.3 Å². The lowest BCUT2D eigenvalue weighted by atomic mass is 9.85. The smallest absolute Gasteiger partial charge is 0.416 e. The third-order valence-corrected chi connectivity index (χ3v) is 9.93. The van der Waals surface area contributed by atoms with Crippen LogP contribution in [-0.2, 0) is 18.0 Å². The Morgan fingerprint density at radius 2 is 1.83 bits per heavy atom. The van der Waals surface area contributed by atoms with Gasteiger partial charge in [-0.15, -0.1) is 10.2 Å². The fraction of sp³-hybridized carbons (Fsp3) is 0.700. The van der Waals surface area contributed by atoms with Gasteiger partial charge in [0.2, 0.25) is 0 Å². The molecule has 1 saturated heterocycles. The van der Waals surface area contributed by atoms with Gasteiger partial charge in [0.15, 0.2) is 5.16 Å². The number of rotatable bonds is 8. The van der Waals surface area contributed by atoms with E-state index in [2.05, 4.69) is 25.0 Å². The number of amides is 1. The summed E-state index contributed by atoms with van der Waals surface area (Å²) in [6.07, 6.45) is 2.33. The molecule has 2 aromatic rings. The molecule has 5 rings (SSSR count). The monoisotopic (exact) mass is 593 g/mol. The molecular weight excluding hydrogens is 551 g/mol. The van der Waals surface area contributed by atoms with Crippen molar-refractivity contribution in [1.29, 1.82) is 0 Å². The first kappa shape index (κ1) is 30.2.